The number of pyridine rings is 1. The largest absolute Gasteiger partial charge is 0.461 e. The Morgan fingerprint density at radius 3 is 2.60 bits per heavy atom. The number of anilines is 1. The highest BCUT2D eigenvalue weighted by molar-refractivity contribution is 5.87. The number of nitrogens with zero attached hydrogens (tertiary/aromatic N) is 1. The topological polar surface area (TPSA) is 77.5 Å². The summed E-state index contributed by atoms with van der Waals surface area (Å²) >= 11 is 0. The molecule has 0 unspecified atom stereocenters. The highest BCUT2D eigenvalue weighted by atomic mass is 16.6. The molecule has 0 saturated carbocycles. The first-order valence-electron chi connectivity index (χ1n) is 6.41. The third kappa shape index (κ3) is 5.69. The zero-order valence-corrected chi connectivity index (χ0v) is 12.2. The molecule has 0 aromatic carbocycles. The fourth-order valence-corrected chi connectivity index (χ4v) is 1.39. The highest BCUT2D eigenvalue weighted by Crippen LogP contribution is 2.09. The molecule has 0 radical (unpaired) electrons. The van der Waals surface area contributed by atoms with Crippen LogP contribution in [0, 0.1) is 0 Å². The van der Waals surface area contributed by atoms with Crippen molar-refractivity contribution in [3.8, 4) is 0 Å². The van der Waals surface area contributed by atoms with E-state index in [4.69, 9.17) is 9.47 Å². The Bertz CT molecular complexity index is 480. The fourth-order valence-electron chi connectivity index (χ4n) is 1.39. The summed E-state index contributed by atoms with van der Waals surface area (Å²) < 4.78 is 10.0. The van der Waals surface area contributed by atoms with E-state index >= 15 is 0 Å². The maximum atomic E-state index is 11.5. The minimum atomic E-state index is -0.529. The van der Waals surface area contributed by atoms with Gasteiger partial charge >= 0.3 is 11.9 Å². The van der Waals surface area contributed by atoms with Crippen molar-refractivity contribution in [2.24, 2.45) is 0 Å². The van der Waals surface area contributed by atoms with Gasteiger partial charge in [0.15, 0.2) is 5.69 Å². The molecule has 0 bridgehead atoms. The second-order valence-electron chi connectivity index (χ2n) is 5.07. The summed E-state index contributed by atoms with van der Waals surface area (Å²) in [6.45, 7) is 7.38. The number of aromatic nitrogens is 1. The number of rotatable bonds is 5. The van der Waals surface area contributed by atoms with Gasteiger partial charge in [0.2, 0.25) is 0 Å². The molecule has 0 saturated heterocycles. The number of ether oxygens (including phenoxy) is 2. The number of esters is 2. The molecular weight excluding hydrogens is 260 g/mol. The van der Waals surface area contributed by atoms with Crippen molar-refractivity contribution in [1.82, 2.24) is 4.98 Å². The van der Waals surface area contributed by atoms with Crippen LogP contribution in [0.5, 0.6) is 0 Å². The number of carbonyl (C=O) groups is 2. The van der Waals surface area contributed by atoms with E-state index < -0.39 is 11.6 Å². The van der Waals surface area contributed by atoms with E-state index in [1.165, 1.54) is 0 Å². The average molecular weight is 280 g/mol. The van der Waals surface area contributed by atoms with Gasteiger partial charge in [-0.25, -0.2) is 9.78 Å². The fraction of sp³-hybridized carbons (Fsp3) is 0.500. The summed E-state index contributed by atoms with van der Waals surface area (Å²) in [5, 5.41) is 2.81. The van der Waals surface area contributed by atoms with Gasteiger partial charge < -0.3 is 14.8 Å². The summed E-state index contributed by atoms with van der Waals surface area (Å²) in [6.07, 6.45) is 0. The van der Waals surface area contributed by atoms with Crippen molar-refractivity contribution in [3.63, 3.8) is 0 Å². The lowest BCUT2D eigenvalue weighted by atomic mass is 10.2. The second kappa shape index (κ2) is 6.88. The van der Waals surface area contributed by atoms with Gasteiger partial charge in [-0.15, -0.1) is 0 Å². The van der Waals surface area contributed by atoms with Crippen molar-refractivity contribution in [2.45, 2.75) is 33.3 Å². The number of hydrogen-bond acceptors (Lipinski definition) is 6. The maximum Gasteiger partial charge on any atom is 0.356 e. The standard InChI is InChI=1S/C14H20N2O4/c1-5-19-13(18)10-7-6-8-11(16-10)15-9-12(17)20-14(2,3)4/h6-8H,5,9H2,1-4H3,(H,15,16). The van der Waals surface area contributed by atoms with Crippen LogP contribution in [0.4, 0.5) is 5.82 Å². The Hall–Kier alpha value is -2.11. The van der Waals surface area contributed by atoms with Crippen molar-refractivity contribution < 1.29 is 19.1 Å². The van der Waals surface area contributed by atoms with Crippen LogP contribution in [-0.2, 0) is 14.3 Å². The maximum absolute atomic E-state index is 11.5. The molecule has 6 nitrogen and oxygen atoms in total. The molecule has 1 N–H and O–H groups in total. The smallest absolute Gasteiger partial charge is 0.356 e. The Balaban J connectivity index is 2.59. The summed E-state index contributed by atoms with van der Waals surface area (Å²) in [6, 6.07) is 4.88. The van der Waals surface area contributed by atoms with Crippen molar-refractivity contribution in [3.05, 3.63) is 23.9 Å². The lowest BCUT2D eigenvalue weighted by Gasteiger charge is -2.19. The van der Waals surface area contributed by atoms with Crippen molar-refractivity contribution in [1.29, 1.82) is 0 Å². The Labute approximate surface area is 118 Å². The van der Waals surface area contributed by atoms with Gasteiger partial charge in [0.05, 0.1) is 6.61 Å². The van der Waals surface area contributed by atoms with Crippen LogP contribution in [0.1, 0.15) is 38.2 Å². The molecule has 6 heteroatoms. The predicted molar refractivity (Wildman–Crippen MR) is 74.5 cm³/mol. The van der Waals surface area contributed by atoms with Gasteiger partial charge in [-0.05, 0) is 39.8 Å². The van der Waals surface area contributed by atoms with Gasteiger partial charge in [0, 0.05) is 0 Å². The minimum absolute atomic E-state index is 0.0173. The van der Waals surface area contributed by atoms with Crippen LogP contribution in [0.25, 0.3) is 0 Å². The first kappa shape index (κ1) is 15.9. The molecule has 0 spiro atoms. The first-order chi connectivity index (χ1) is 9.31. The van der Waals surface area contributed by atoms with E-state index in [9.17, 15) is 9.59 Å². The molecule has 20 heavy (non-hydrogen) atoms. The lowest BCUT2D eigenvalue weighted by molar-refractivity contribution is -0.152. The molecule has 1 aromatic rings. The van der Waals surface area contributed by atoms with Crippen LogP contribution < -0.4 is 5.32 Å². The molecule has 1 aromatic heterocycles. The van der Waals surface area contributed by atoms with Crippen LogP contribution in [0.3, 0.4) is 0 Å². The van der Waals surface area contributed by atoms with Gasteiger partial charge in [0.25, 0.3) is 0 Å². The van der Waals surface area contributed by atoms with Gasteiger partial charge in [-0.1, -0.05) is 6.07 Å². The molecule has 1 rings (SSSR count). The van der Waals surface area contributed by atoms with E-state index in [2.05, 4.69) is 10.3 Å². The number of carbonyl (C=O) groups excluding carboxylic acids is 2. The highest BCUT2D eigenvalue weighted by Gasteiger charge is 2.16. The number of hydrogen-bond donors (Lipinski definition) is 1. The SMILES string of the molecule is CCOC(=O)c1cccc(NCC(=O)OC(C)(C)C)n1. The van der Waals surface area contributed by atoms with Gasteiger partial charge in [0.1, 0.15) is 18.0 Å². The molecule has 110 valence electrons. The monoisotopic (exact) mass is 280 g/mol. The van der Waals surface area contributed by atoms with E-state index in [0.717, 1.165) is 0 Å². The summed E-state index contributed by atoms with van der Waals surface area (Å²) in [4.78, 5) is 27.1. The van der Waals surface area contributed by atoms with Gasteiger partial charge in [-0.2, -0.15) is 0 Å². The quantitative estimate of drug-likeness (QED) is 0.831. The van der Waals surface area contributed by atoms with Crippen molar-refractivity contribution >= 4 is 17.8 Å². The van der Waals surface area contributed by atoms with E-state index in [0.29, 0.717) is 5.82 Å². The zero-order valence-electron chi connectivity index (χ0n) is 12.2. The molecule has 0 aliphatic rings. The van der Waals surface area contributed by atoms with Crippen LogP contribution in [0.2, 0.25) is 0 Å². The third-order valence-electron chi connectivity index (χ3n) is 2.07. The third-order valence-corrected chi connectivity index (χ3v) is 2.07. The van der Waals surface area contributed by atoms with E-state index in [1.54, 1.807) is 45.9 Å². The second-order valence-corrected chi connectivity index (χ2v) is 5.07. The Morgan fingerprint density at radius 2 is 2.00 bits per heavy atom. The van der Waals surface area contributed by atoms with E-state index in [1.807, 2.05) is 0 Å². The molecule has 1 heterocycles. The predicted octanol–water partition coefficient (Wildman–Crippen LogP) is 2.01. The number of nitrogens with one attached hydrogen (secondary N) is 1. The lowest BCUT2D eigenvalue weighted by Crippen LogP contribution is -2.28. The first-order valence-corrected chi connectivity index (χ1v) is 6.41. The summed E-state index contributed by atoms with van der Waals surface area (Å²) in [7, 11) is 0. The van der Waals surface area contributed by atoms with Crippen LogP contribution >= 0.6 is 0 Å². The summed E-state index contributed by atoms with van der Waals surface area (Å²) in [5.41, 5.74) is -0.333. The normalized spacial score (nSPS) is 10.8. The Morgan fingerprint density at radius 1 is 1.30 bits per heavy atom. The average Bonchev–Trinajstić information content (AvgIpc) is 2.35. The molecule has 0 atom stereocenters. The van der Waals surface area contributed by atoms with Crippen molar-refractivity contribution in [2.75, 3.05) is 18.5 Å². The van der Waals surface area contributed by atoms with Crippen LogP contribution in [0.15, 0.2) is 18.2 Å². The molecule has 0 aliphatic heterocycles. The Kier molecular flexibility index (Phi) is 5.49. The molecule has 0 fully saturated rings. The molecule has 0 aliphatic carbocycles. The minimum Gasteiger partial charge on any atom is -0.461 e. The molecular formula is C14H20N2O4. The molecule has 0 amide bonds. The zero-order chi connectivity index (χ0) is 15.2. The van der Waals surface area contributed by atoms with E-state index in [-0.39, 0.29) is 24.8 Å². The summed E-state index contributed by atoms with van der Waals surface area (Å²) in [5.74, 6) is -0.462. The van der Waals surface area contributed by atoms with Crippen LogP contribution in [-0.4, -0.2) is 35.7 Å². The van der Waals surface area contributed by atoms with Gasteiger partial charge in [-0.3, -0.25) is 4.79 Å².